The van der Waals surface area contributed by atoms with Crippen LogP contribution in [0.2, 0.25) is 0 Å². The molecule has 2 aromatic rings. The molecule has 0 amide bonds. The van der Waals surface area contributed by atoms with Crippen LogP contribution in [0.1, 0.15) is 16.0 Å². The highest BCUT2D eigenvalue weighted by molar-refractivity contribution is 9.09. The number of hydrogen-bond acceptors (Lipinski definition) is 2. The largest absolute Gasteiger partial charge is 0.269 e. The van der Waals surface area contributed by atoms with Crippen molar-refractivity contribution < 1.29 is 9.31 Å². The monoisotopic (exact) mass is 323 g/mol. The molecular formula is C14H11BrFNO2. The maximum Gasteiger partial charge on any atom is 0.269 e. The second kappa shape index (κ2) is 5.93. The van der Waals surface area contributed by atoms with Crippen molar-refractivity contribution in [3.05, 3.63) is 75.6 Å². The van der Waals surface area contributed by atoms with Gasteiger partial charge in [-0.25, -0.2) is 4.39 Å². The Morgan fingerprint density at radius 3 is 2.21 bits per heavy atom. The molecule has 1 atom stereocenters. The van der Waals surface area contributed by atoms with Crippen LogP contribution in [-0.4, -0.2) is 4.92 Å². The third kappa shape index (κ3) is 3.61. The molecule has 0 heterocycles. The topological polar surface area (TPSA) is 43.1 Å². The van der Waals surface area contributed by atoms with Gasteiger partial charge >= 0.3 is 0 Å². The first kappa shape index (κ1) is 13.7. The fourth-order valence-electron chi connectivity index (χ4n) is 1.75. The first-order valence-corrected chi connectivity index (χ1v) is 6.60. The Hall–Kier alpha value is -1.75. The quantitative estimate of drug-likeness (QED) is 0.475. The molecule has 0 spiro atoms. The molecule has 98 valence electrons. The van der Waals surface area contributed by atoms with Crippen molar-refractivity contribution in [2.24, 2.45) is 0 Å². The summed E-state index contributed by atoms with van der Waals surface area (Å²) in [5, 5.41) is 10.5. The van der Waals surface area contributed by atoms with E-state index < -0.39 is 4.92 Å². The number of non-ortho nitro benzene ring substituents is 1. The number of rotatable bonds is 4. The van der Waals surface area contributed by atoms with E-state index in [2.05, 4.69) is 15.9 Å². The van der Waals surface area contributed by atoms with Gasteiger partial charge in [-0.1, -0.05) is 40.2 Å². The summed E-state index contributed by atoms with van der Waals surface area (Å²) in [5.74, 6) is -0.265. The normalized spacial score (nSPS) is 12.1. The van der Waals surface area contributed by atoms with E-state index in [0.717, 1.165) is 11.1 Å². The zero-order valence-corrected chi connectivity index (χ0v) is 11.5. The summed E-state index contributed by atoms with van der Waals surface area (Å²) in [5.41, 5.74) is 2.04. The molecule has 0 N–H and O–H groups in total. The highest BCUT2D eigenvalue weighted by Gasteiger charge is 2.10. The van der Waals surface area contributed by atoms with Crippen molar-refractivity contribution >= 4 is 21.6 Å². The van der Waals surface area contributed by atoms with Gasteiger partial charge in [-0.2, -0.15) is 0 Å². The Morgan fingerprint density at radius 1 is 1.11 bits per heavy atom. The van der Waals surface area contributed by atoms with Crippen molar-refractivity contribution in [3.63, 3.8) is 0 Å². The number of halogens is 2. The van der Waals surface area contributed by atoms with Crippen molar-refractivity contribution in [2.45, 2.75) is 11.2 Å². The van der Waals surface area contributed by atoms with Crippen molar-refractivity contribution in [2.75, 3.05) is 0 Å². The highest BCUT2D eigenvalue weighted by atomic mass is 79.9. The molecule has 0 aliphatic rings. The summed E-state index contributed by atoms with van der Waals surface area (Å²) in [6, 6.07) is 12.7. The Morgan fingerprint density at radius 2 is 1.68 bits per heavy atom. The summed E-state index contributed by atoms with van der Waals surface area (Å²) in [4.78, 5) is 10.2. The van der Waals surface area contributed by atoms with E-state index in [9.17, 15) is 14.5 Å². The van der Waals surface area contributed by atoms with Crippen LogP contribution >= 0.6 is 15.9 Å². The molecule has 19 heavy (non-hydrogen) atoms. The van der Waals surface area contributed by atoms with Gasteiger partial charge in [0.2, 0.25) is 0 Å². The molecular weight excluding hydrogens is 313 g/mol. The van der Waals surface area contributed by atoms with Crippen LogP contribution in [0.15, 0.2) is 48.5 Å². The summed E-state index contributed by atoms with van der Waals surface area (Å²) >= 11 is 3.54. The lowest BCUT2D eigenvalue weighted by Crippen LogP contribution is -1.96. The fourth-order valence-corrected chi connectivity index (χ4v) is 2.43. The predicted octanol–water partition coefficient (Wildman–Crippen LogP) is 4.41. The molecule has 3 nitrogen and oxygen atoms in total. The third-order valence-electron chi connectivity index (χ3n) is 2.79. The summed E-state index contributed by atoms with van der Waals surface area (Å²) < 4.78 is 12.8. The Labute approximate surface area is 118 Å². The third-order valence-corrected chi connectivity index (χ3v) is 3.65. The maximum atomic E-state index is 12.8. The van der Waals surface area contributed by atoms with Gasteiger partial charge in [0.1, 0.15) is 5.82 Å². The molecule has 0 aromatic heterocycles. The zero-order chi connectivity index (χ0) is 13.8. The molecule has 0 saturated heterocycles. The summed E-state index contributed by atoms with van der Waals surface area (Å²) in [6.07, 6.45) is 0.684. The van der Waals surface area contributed by atoms with Gasteiger partial charge in [-0.3, -0.25) is 10.1 Å². The SMILES string of the molecule is O=[N+]([O-])c1ccc(CC(Br)c2ccc(F)cc2)cc1. The van der Waals surface area contributed by atoms with E-state index in [4.69, 9.17) is 0 Å². The molecule has 0 bridgehead atoms. The van der Waals surface area contributed by atoms with E-state index >= 15 is 0 Å². The van der Waals surface area contributed by atoms with Crippen molar-refractivity contribution in [1.82, 2.24) is 0 Å². The van der Waals surface area contributed by atoms with Crippen LogP contribution < -0.4 is 0 Å². The maximum absolute atomic E-state index is 12.8. The lowest BCUT2D eigenvalue weighted by Gasteiger charge is -2.10. The zero-order valence-electron chi connectivity index (χ0n) is 9.92. The average Bonchev–Trinajstić information content (AvgIpc) is 2.40. The van der Waals surface area contributed by atoms with Crippen molar-refractivity contribution in [1.29, 1.82) is 0 Å². The predicted molar refractivity (Wildman–Crippen MR) is 74.9 cm³/mol. The van der Waals surface area contributed by atoms with Crippen LogP contribution in [0.5, 0.6) is 0 Å². The van der Waals surface area contributed by atoms with E-state index in [1.165, 1.54) is 24.3 Å². The minimum atomic E-state index is -0.421. The Kier molecular flexibility index (Phi) is 4.27. The van der Waals surface area contributed by atoms with Gasteiger partial charge in [0.25, 0.3) is 5.69 Å². The van der Waals surface area contributed by atoms with Crippen LogP contribution in [0.4, 0.5) is 10.1 Å². The van der Waals surface area contributed by atoms with E-state index in [1.807, 2.05) is 0 Å². The fraction of sp³-hybridized carbons (Fsp3) is 0.143. The van der Waals surface area contributed by atoms with Gasteiger partial charge in [0.15, 0.2) is 0 Å². The molecule has 2 rings (SSSR count). The first-order valence-electron chi connectivity index (χ1n) is 5.69. The number of nitrogens with zero attached hydrogens (tertiary/aromatic N) is 1. The molecule has 0 aliphatic carbocycles. The molecule has 0 saturated carbocycles. The number of hydrogen-bond donors (Lipinski definition) is 0. The lowest BCUT2D eigenvalue weighted by atomic mass is 10.0. The van der Waals surface area contributed by atoms with E-state index in [0.29, 0.717) is 6.42 Å². The second-order valence-corrected chi connectivity index (χ2v) is 5.25. The number of nitro groups is 1. The highest BCUT2D eigenvalue weighted by Crippen LogP contribution is 2.27. The average molecular weight is 324 g/mol. The van der Waals surface area contributed by atoms with Crippen LogP contribution in [0.25, 0.3) is 0 Å². The molecule has 0 fully saturated rings. The number of benzene rings is 2. The van der Waals surface area contributed by atoms with Crippen LogP contribution in [0, 0.1) is 15.9 Å². The number of nitro benzene ring substituents is 1. The van der Waals surface area contributed by atoms with Crippen LogP contribution in [0.3, 0.4) is 0 Å². The Bertz CT molecular complexity index is 569. The minimum Gasteiger partial charge on any atom is -0.258 e. The molecule has 0 radical (unpaired) electrons. The Balaban J connectivity index is 2.08. The van der Waals surface area contributed by atoms with Gasteiger partial charge in [-0.15, -0.1) is 0 Å². The standard InChI is InChI=1S/C14H11BrFNO2/c15-14(11-3-5-12(16)6-4-11)9-10-1-7-13(8-2-10)17(18)19/h1-8,14H,9H2. The first-order chi connectivity index (χ1) is 9.06. The second-order valence-electron chi connectivity index (χ2n) is 4.15. The van der Waals surface area contributed by atoms with E-state index in [1.54, 1.807) is 24.3 Å². The summed E-state index contributed by atoms with van der Waals surface area (Å²) in [7, 11) is 0. The molecule has 0 aliphatic heterocycles. The van der Waals surface area contributed by atoms with Gasteiger partial charge in [0, 0.05) is 17.0 Å². The lowest BCUT2D eigenvalue weighted by molar-refractivity contribution is -0.384. The van der Waals surface area contributed by atoms with Gasteiger partial charge < -0.3 is 0 Å². The van der Waals surface area contributed by atoms with Gasteiger partial charge in [0.05, 0.1) is 4.92 Å². The molecule has 1 unspecified atom stereocenters. The summed E-state index contributed by atoms with van der Waals surface area (Å²) in [6.45, 7) is 0. The van der Waals surface area contributed by atoms with Crippen molar-refractivity contribution in [3.8, 4) is 0 Å². The number of alkyl halides is 1. The molecule has 5 heteroatoms. The van der Waals surface area contributed by atoms with Gasteiger partial charge in [-0.05, 0) is 29.7 Å². The molecule has 2 aromatic carbocycles. The smallest absolute Gasteiger partial charge is 0.258 e. The van der Waals surface area contributed by atoms with Crippen LogP contribution in [-0.2, 0) is 6.42 Å². The minimum absolute atomic E-state index is 0.0505. The van der Waals surface area contributed by atoms with E-state index in [-0.39, 0.29) is 16.3 Å².